The summed E-state index contributed by atoms with van der Waals surface area (Å²) in [7, 11) is 0. The Balaban J connectivity index is 2.18. The van der Waals surface area contributed by atoms with E-state index in [9.17, 15) is 5.11 Å². The van der Waals surface area contributed by atoms with Crippen molar-refractivity contribution in [2.45, 2.75) is 18.4 Å². The van der Waals surface area contributed by atoms with Gasteiger partial charge in [-0.25, -0.2) is 0 Å². The molecule has 0 atom stereocenters. The average Bonchev–Trinajstić information content (AvgIpc) is 2.89. The summed E-state index contributed by atoms with van der Waals surface area (Å²) in [5.41, 5.74) is 7.57. The van der Waals surface area contributed by atoms with Crippen molar-refractivity contribution in [3.63, 3.8) is 0 Å². The second-order valence-electron chi connectivity index (χ2n) is 4.18. The monoisotopic (exact) mass is 216 g/mol. The summed E-state index contributed by atoms with van der Waals surface area (Å²) in [6.45, 7) is 0. The number of nitrogens with two attached hydrogens (primary N) is 1. The van der Waals surface area contributed by atoms with Gasteiger partial charge in [-0.15, -0.1) is 0 Å². The number of anilines is 1. The lowest BCUT2D eigenvalue weighted by Gasteiger charge is -2.12. The first kappa shape index (κ1) is 9.42. The number of rotatable bonds is 2. The highest BCUT2D eigenvalue weighted by Gasteiger charge is 2.43. The van der Waals surface area contributed by atoms with Gasteiger partial charge in [-0.1, -0.05) is 29.4 Å². The van der Waals surface area contributed by atoms with Crippen LogP contribution in [0.2, 0.25) is 0 Å². The zero-order valence-electron chi connectivity index (χ0n) is 8.68. The van der Waals surface area contributed by atoms with Crippen LogP contribution in [0.4, 0.5) is 5.88 Å². The molecule has 0 saturated heterocycles. The van der Waals surface area contributed by atoms with E-state index >= 15 is 0 Å². The zero-order valence-corrected chi connectivity index (χ0v) is 8.68. The lowest BCUT2D eigenvalue weighted by molar-refractivity contribution is 0.152. The molecule has 4 heteroatoms. The molecule has 2 aromatic rings. The minimum absolute atomic E-state index is 0.289. The van der Waals surface area contributed by atoms with Gasteiger partial charge in [0.25, 0.3) is 0 Å². The second-order valence-corrected chi connectivity index (χ2v) is 4.18. The van der Waals surface area contributed by atoms with Crippen LogP contribution in [0, 0.1) is 0 Å². The van der Waals surface area contributed by atoms with E-state index in [2.05, 4.69) is 5.16 Å². The molecule has 3 rings (SSSR count). The molecule has 4 nitrogen and oxygen atoms in total. The normalized spacial score (nSPS) is 17.3. The molecule has 1 aliphatic carbocycles. The predicted octanol–water partition coefficient (Wildman–Crippen LogP) is 1.91. The summed E-state index contributed by atoms with van der Waals surface area (Å²) < 4.78 is 4.85. The molecular weight excluding hydrogens is 204 g/mol. The Kier molecular flexibility index (Phi) is 1.82. The highest BCUT2D eigenvalue weighted by Crippen LogP contribution is 2.49. The maximum Gasteiger partial charge on any atom is 0.229 e. The van der Waals surface area contributed by atoms with E-state index in [0.717, 1.165) is 29.5 Å². The third-order valence-corrected chi connectivity index (χ3v) is 3.04. The third kappa shape index (κ3) is 1.31. The van der Waals surface area contributed by atoms with Gasteiger partial charge < -0.3 is 15.4 Å². The summed E-state index contributed by atoms with van der Waals surface area (Å²) in [6, 6.07) is 7.68. The molecule has 0 amide bonds. The van der Waals surface area contributed by atoms with Crippen LogP contribution < -0.4 is 5.73 Å². The lowest BCUT2D eigenvalue weighted by Crippen LogP contribution is -2.06. The molecule has 16 heavy (non-hydrogen) atoms. The van der Waals surface area contributed by atoms with Gasteiger partial charge >= 0.3 is 0 Å². The Labute approximate surface area is 92.7 Å². The topological polar surface area (TPSA) is 72.3 Å². The molecule has 3 N–H and O–H groups in total. The summed E-state index contributed by atoms with van der Waals surface area (Å²) in [5.74, 6) is 0.289. The van der Waals surface area contributed by atoms with Gasteiger partial charge in [-0.05, 0) is 24.0 Å². The molecular formula is C12H12N2O2. The lowest BCUT2D eigenvalue weighted by atomic mass is 9.96. The van der Waals surface area contributed by atoms with Crippen molar-refractivity contribution in [1.29, 1.82) is 0 Å². The fourth-order valence-corrected chi connectivity index (χ4v) is 1.96. The highest BCUT2D eigenvalue weighted by atomic mass is 16.5. The second kappa shape index (κ2) is 3.09. The summed E-state index contributed by atoms with van der Waals surface area (Å²) in [5, 5.41) is 13.8. The van der Waals surface area contributed by atoms with Crippen LogP contribution in [0.5, 0.6) is 0 Å². The van der Waals surface area contributed by atoms with Gasteiger partial charge in [0.2, 0.25) is 5.88 Å². The van der Waals surface area contributed by atoms with E-state index in [-0.39, 0.29) is 5.88 Å². The van der Waals surface area contributed by atoms with E-state index in [1.165, 1.54) is 0 Å². The Morgan fingerprint density at radius 3 is 2.62 bits per heavy atom. The van der Waals surface area contributed by atoms with Gasteiger partial charge in [-0.3, -0.25) is 0 Å². The Morgan fingerprint density at radius 1 is 1.25 bits per heavy atom. The predicted molar refractivity (Wildman–Crippen MR) is 59.5 cm³/mol. The van der Waals surface area contributed by atoms with E-state index in [1.807, 2.05) is 24.3 Å². The van der Waals surface area contributed by atoms with Crippen molar-refractivity contribution in [2.75, 3.05) is 5.73 Å². The Morgan fingerprint density at radius 2 is 2.00 bits per heavy atom. The number of nitrogen functional groups attached to an aromatic ring is 1. The maximum absolute atomic E-state index is 10.2. The van der Waals surface area contributed by atoms with Crippen LogP contribution in [0.15, 0.2) is 35.0 Å². The summed E-state index contributed by atoms with van der Waals surface area (Å²) >= 11 is 0. The Bertz CT molecular complexity index is 529. The molecule has 0 bridgehead atoms. The SMILES string of the molecule is Nc1oncc1-c1ccccc1C1(O)CC1. The van der Waals surface area contributed by atoms with Crippen LogP contribution in [0.3, 0.4) is 0 Å². The number of hydrogen-bond donors (Lipinski definition) is 2. The highest BCUT2D eigenvalue weighted by molar-refractivity contribution is 5.75. The fourth-order valence-electron chi connectivity index (χ4n) is 1.96. The number of aliphatic hydroxyl groups is 1. The molecule has 82 valence electrons. The minimum Gasteiger partial charge on any atom is -0.385 e. The molecule has 0 aliphatic heterocycles. The van der Waals surface area contributed by atoms with Crippen LogP contribution in [-0.2, 0) is 5.60 Å². The first-order valence-corrected chi connectivity index (χ1v) is 5.23. The van der Waals surface area contributed by atoms with Crippen molar-refractivity contribution in [3.8, 4) is 11.1 Å². The maximum atomic E-state index is 10.2. The molecule has 1 aromatic heterocycles. The van der Waals surface area contributed by atoms with Gasteiger partial charge in [0.1, 0.15) is 0 Å². The van der Waals surface area contributed by atoms with E-state index in [1.54, 1.807) is 6.20 Å². The molecule has 0 radical (unpaired) electrons. The molecule has 0 spiro atoms. The third-order valence-electron chi connectivity index (χ3n) is 3.04. The van der Waals surface area contributed by atoms with Crippen molar-refractivity contribution >= 4 is 5.88 Å². The van der Waals surface area contributed by atoms with Crippen molar-refractivity contribution in [1.82, 2.24) is 5.16 Å². The smallest absolute Gasteiger partial charge is 0.229 e. The largest absolute Gasteiger partial charge is 0.385 e. The summed E-state index contributed by atoms with van der Waals surface area (Å²) in [4.78, 5) is 0. The standard InChI is InChI=1S/C12H12N2O2/c13-11-9(7-14-16-11)8-3-1-2-4-10(8)12(15)5-6-12/h1-4,7,15H,5-6,13H2. The number of nitrogens with zero attached hydrogens (tertiary/aromatic N) is 1. The van der Waals surface area contributed by atoms with Crippen molar-refractivity contribution < 1.29 is 9.63 Å². The van der Waals surface area contributed by atoms with E-state index in [0.29, 0.717) is 0 Å². The van der Waals surface area contributed by atoms with Crippen LogP contribution >= 0.6 is 0 Å². The molecule has 1 aliphatic rings. The van der Waals surface area contributed by atoms with E-state index in [4.69, 9.17) is 10.3 Å². The first-order valence-electron chi connectivity index (χ1n) is 5.23. The number of benzene rings is 1. The molecule has 1 heterocycles. The average molecular weight is 216 g/mol. The zero-order chi connectivity index (χ0) is 11.2. The summed E-state index contributed by atoms with van der Waals surface area (Å²) in [6.07, 6.45) is 3.18. The van der Waals surface area contributed by atoms with Crippen LogP contribution in [-0.4, -0.2) is 10.3 Å². The number of hydrogen-bond acceptors (Lipinski definition) is 4. The number of aromatic nitrogens is 1. The van der Waals surface area contributed by atoms with Crippen LogP contribution in [0.25, 0.3) is 11.1 Å². The van der Waals surface area contributed by atoms with Crippen molar-refractivity contribution in [2.24, 2.45) is 0 Å². The molecule has 1 fully saturated rings. The fraction of sp³-hybridized carbons (Fsp3) is 0.250. The quantitative estimate of drug-likeness (QED) is 0.804. The molecule has 1 aromatic carbocycles. The first-order chi connectivity index (χ1) is 7.71. The van der Waals surface area contributed by atoms with Gasteiger partial charge in [-0.2, -0.15) is 0 Å². The minimum atomic E-state index is -0.680. The van der Waals surface area contributed by atoms with Gasteiger partial charge in [0, 0.05) is 0 Å². The molecule has 1 saturated carbocycles. The van der Waals surface area contributed by atoms with E-state index < -0.39 is 5.60 Å². The van der Waals surface area contributed by atoms with Gasteiger partial charge in [0.05, 0.1) is 17.4 Å². The molecule has 0 unspecified atom stereocenters. The Hall–Kier alpha value is -1.81. The van der Waals surface area contributed by atoms with Gasteiger partial charge in [0.15, 0.2) is 0 Å². The van der Waals surface area contributed by atoms with Crippen LogP contribution in [0.1, 0.15) is 18.4 Å². The van der Waals surface area contributed by atoms with Crippen molar-refractivity contribution in [3.05, 3.63) is 36.0 Å².